The Balaban J connectivity index is 0.000000797. The summed E-state index contributed by atoms with van der Waals surface area (Å²) in [6.45, 7) is 0. The zero-order chi connectivity index (χ0) is 20.0. The van der Waals surface area contributed by atoms with Crippen molar-refractivity contribution in [3.63, 3.8) is 0 Å². The molecule has 1 rings (SSSR count). The van der Waals surface area contributed by atoms with Crippen LogP contribution in [-0.4, -0.2) is 11.8 Å². The average molecular weight is 378 g/mol. The summed E-state index contributed by atoms with van der Waals surface area (Å²) in [5.41, 5.74) is 10.2. The number of hydrogen-bond acceptors (Lipinski definition) is 3. The molecule has 0 unspecified atom stereocenters. The number of primary amides is 2. The van der Waals surface area contributed by atoms with Crippen molar-refractivity contribution in [3.8, 4) is 0 Å². The van der Waals surface area contributed by atoms with E-state index in [2.05, 4.69) is 5.32 Å². The topological polar surface area (TPSA) is 98.2 Å². The predicted octanol–water partition coefficient (Wildman–Crippen LogP) is 4.59. The molecule has 0 atom stereocenters. The van der Waals surface area contributed by atoms with Crippen molar-refractivity contribution < 1.29 is 9.59 Å². The summed E-state index contributed by atoms with van der Waals surface area (Å²) in [5.74, 6) is -0.360. The Morgan fingerprint density at radius 1 is 0.519 bits per heavy atom. The van der Waals surface area contributed by atoms with Crippen LogP contribution in [0.15, 0.2) is 36.7 Å². The van der Waals surface area contributed by atoms with E-state index in [-0.39, 0.29) is 11.8 Å². The van der Waals surface area contributed by atoms with E-state index >= 15 is 0 Å². The number of nitrogens with two attached hydrogens (primary N) is 2. The van der Waals surface area contributed by atoms with E-state index in [1.807, 2.05) is 36.7 Å². The Morgan fingerprint density at radius 3 is 1.11 bits per heavy atom. The molecular formula is C22H39N3O2. The first-order valence-corrected chi connectivity index (χ1v) is 10.4. The first-order valence-electron chi connectivity index (χ1n) is 10.4. The van der Waals surface area contributed by atoms with Crippen molar-refractivity contribution >= 4 is 11.8 Å². The molecule has 0 bridgehead atoms. The van der Waals surface area contributed by atoms with Gasteiger partial charge in [0.2, 0.25) is 11.8 Å². The molecule has 0 radical (unpaired) electrons. The Kier molecular flexibility index (Phi) is 18.7. The quantitative estimate of drug-likeness (QED) is 0.364. The van der Waals surface area contributed by atoms with E-state index in [1.165, 1.54) is 51.4 Å². The Bertz CT molecular complexity index is 416. The molecule has 2 amide bonds. The summed E-state index contributed by atoms with van der Waals surface area (Å²) in [6.07, 6.45) is 27.0. The SMILES string of the molecule is C1=CC=CNC=C1.NC(=O)CCCCCCCCCCCCCCC(N)=O. The zero-order valence-electron chi connectivity index (χ0n) is 16.8. The molecule has 1 aliphatic heterocycles. The van der Waals surface area contributed by atoms with Crippen LogP contribution in [0.4, 0.5) is 0 Å². The lowest BCUT2D eigenvalue weighted by Crippen LogP contribution is -2.09. The zero-order valence-corrected chi connectivity index (χ0v) is 16.8. The summed E-state index contributed by atoms with van der Waals surface area (Å²) >= 11 is 0. The second-order valence-electron chi connectivity index (χ2n) is 6.95. The van der Waals surface area contributed by atoms with Gasteiger partial charge in [-0.15, -0.1) is 0 Å². The normalized spacial score (nSPS) is 12.0. The van der Waals surface area contributed by atoms with Gasteiger partial charge in [-0.3, -0.25) is 9.59 Å². The molecule has 5 heteroatoms. The fraction of sp³-hybridized carbons (Fsp3) is 0.636. The largest absolute Gasteiger partial charge is 0.370 e. The summed E-state index contributed by atoms with van der Waals surface area (Å²) in [7, 11) is 0. The molecule has 27 heavy (non-hydrogen) atoms. The molecule has 5 N–H and O–H groups in total. The minimum atomic E-state index is -0.180. The summed E-state index contributed by atoms with van der Waals surface area (Å²) in [4.78, 5) is 21.1. The number of amides is 2. The monoisotopic (exact) mass is 377 g/mol. The number of hydrogen-bond donors (Lipinski definition) is 3. The molecule has 0 fully saturated rings. The van der Waals surface area contributed by atoms with Gasteiger partial charge in [-0.25, -0.2) is 0 Å². The molecule has 0 aromatic carbocycles. The van der Waals surface area contributed by atoms with E-state index in [0.29, 0.717) is 12.8 Å². The smallest absolute Gasteiger partial charge is 0.217 e. The van der Waals surface area contributed by atoms with Crippen LogP contribution in [-0.2, 0) is 9.59 Å². The summed E-state index contributed by atoms with van der Waals surface area (Å²) in [5, 5.41) is 2.92. The maximum Gasteiger partial charge on any atom is 0.217 e. The number of unbranched alkanes of at least 4 members (excludes halogenated alkanes) is 11. The van der Waals surface area contributed by atoms with Gasteiger partial charge in [-0.05, 0) is 25.0 Å². The Hall–Kier alpha value is -2.04. The average Bonchev–Trinajstić information content (AvgIpc) is 2.95. The van der Waals surface area contributed by atoms with Crippen molar-refractivity contribution in [1.82, 2.24) is 5.32 Å². The number of nitrogens with one attached hydrogen (secondary N) is 1. The van der Waals surface area contributed by atoms with E-state index in [4.69, 9.17) is 11.5 Å². The van der Waals surface area contributed by atoms with Crippen molar-refractivity contribution in [2.75, 3.05) is 0 Å². The molecule has 154 valence electrons. The number of allylic oxidation sites excluding steroid dienone is 4. The Morgan fingerprint density at radius 2 is 0.815 bits per heavy atom. The van der Waals surface area contributed by atoms with Gasteiger partial charge in [-0.2, -0.15) is 0 Å². The molecule has 0 saturated heterocycles. The molecule has 1 aliphatic rings. The highest BCUT2D eigenvalue weighted by atomic mass is 16.1. The minimum Gasteiger partial charge on any atom is -0.370 e. The third-order valence-electron chi connectivity index (χ3n) is 4.31. The van der Waals surface area contributed by atoms with Crippen molar-refractivity contribution in [2.45, 2.75) is 89.9 Å². The van der Waals surface area contributed by atoms with Gasteiger partial charge in [0, 0.05) is 25.2 Å². The maximum absolute atomic E-state index is 10.5. The van der Waals surface area contributed by atoms with E-state index in [0.717, 1.165) is 25.7 Å². The van der Waals surface area contributed by atoms with Gasteiger partial charge in [0.1, 0.15) is 0 Å². The van der Waals surface area contributed by atoms with Crippen molar-refractivity contribution in [1.29, 1.82) is 0 Å². The van der Waals surface area contributed by atoms with Crippen LogP contribution in [0.3, 0.4) is 0 Å². The van der Waals surface area contributed by atoms with E-state index in [9.17, 15) is 9.59 Å². The first kappa shape index (κ1) is 25.0. The van der Waals surface area contributed by atoms with Crippen LogP contribution in [0.2, 0.25) is 0 Å². The summed E-state index contributed by atoms with van der Waals surface area (Å²) in [6, 6.07) is 0. The summed E-state index contributed by atoms with van der Waals surface area (Å²) < 4.78 is 0. The third-order valence-corrected chi connectivity index (χ3v) is 4.31. The highest BCUT2D eigenvalue weighted by Gasteiger charge is 1.97. The predicted molar refractivity (Wildman–Crippen MR) is 114 cm³/mol. The van der Waals surface area contributed by atoms with Gasteiger partial charge in [0.25, 0.3) is 0 Å². The molecule has 5 nitrogen and oxygen atoms in total. The van der Waals surface area contributed by atoms with Gasteiger partial charge in [-0.1, -0.05) is 76.4 Å². The highest BCUT2D eigenvalue weighted by Crippen LogP contribution is 2.12. The maximum atomic E-state index is 10.5. The fourth-order valence-corrected chi connectivity index (χ4v) is 2.77. The number of rotatable bonds is 15. The second-order valence-corrected chi connectivity index (χ2v) is 6.95. The molecule has 0 aliphatic carbocycles. The number of carbonyl (C=O) groups excluding carboxylic acids is 2. The van der Waals surface area contributed by atoms with Gasteiger partial charge in [0.15, 0.2) is 0 Å². The van der Waals surface area contributed by atoms with Crippen LogP contribution >= 0.6 is 0 Å². The van der Waals surface area contributed by atoms with Gasteiger partial charge >= 0.3 is 0 Å². The lowest BCUT2D eigenvalue weighted by Gasteiger charge is -2.02. The fourth-order valence-electron chi connectivity index (χ4n) is 2.77. The molecule has 0 saturated carbocycles. The van der Waals surface area contributed by atoms with Crippen LogP contribution in [0, 0.1) is 0 Å². The van der Waals surface area contributed by atoms with Crippen molar-refractivity contribution in [3.05, 3.63) is 36.7 Å². The van der Waals surface area contributed by atoms with Gasteiger partial charge in [0.05, 0.1) is 0 Å². The van der Waals surface area contributed by atoms with Crippen molar-refractivity contribution in [2.24, 2.45) is 11.5 Å². The van der Waals surface area contributed by atoms with Crippen LogP contribution < -0.4 is 16.8 Å². The Labute approximate surface area is 165 Å². The molecule has 0 spiro atoms. The number of carbonyl (C=O) groups is 2. The van der Waals surface area contributed by atoms with E-state index in [1.54, 1.807) is 0 Å². The standard InChI is InChI=1S/C16H32N2O2.C6H7N/c17-15(19)13-11-9-7-5-3-1-2-4-6-8-10-12-14-16(18)20;1-2-4-6-7-5-3-1/h1-14H2,(H2,17,19)(H2,18,20);1-7H. The first-order chi connectivity index (χ1) is 13.1. The van der Waals surface area contributed by atoms with E-state index < -0.39 is 0 Å². The highest BCUT2D eigenvalue weighted by molar-refractivity contribution is 5.73. The lowest BCUT2D eigenvalue weighted by atomic mass is 10.0. The minimum absolute atomic E-state index is 0.180. The van der Waals surface area contributed by atoms with Crippen LogP contribution in [0.25, 0.3) is 0 Å². The third kappa shape index (κ3) is 24.0. The second kappa shape index (κ2) is 20.3. The molecule has 0 aromatic heterocycles. The van der Waals surface area contributed by atoms with Crippen LogP contribution in [0.5, 0.6) is 0 Å². The molecular weight excluding hydrogens is 338 g/mol. The molecule has 1 heterocycles. The lowest BCUT2D eigenvalue weighted by molar-refractivity contribution is -0.119. The molecule has 0 aromatic rings. The van der Waals surface area contributed by atoms with Crippen LogP contribution in [0.1, 0.15) is 89.9 Å². The van der Waals surface area contributed by atoms with Gasteiger partial charge < -0.3 is 16.8 Å².